The van der Waals surface area contributed by atoms with Crippen LogP contribution in [0.15, 0.2) is 24.3 Å². The van der Waals surface area contributed by atoms with Crippen LogP contribution in [-0.4, -0.2) is 5.54 Å². The summed E-state index contributed by atoms with van der Waals surface area (Å²) < 4.78 is 0. The van der Waals surface area contributed by atoms with E-state index in [-0.39, 0.29) is 0 Å². The Balaban J connectivity index is 1.86. The lowest BCUT2D eigenvalue weighted by molar-refractivity contribution is 0.172. The quantitative estimate of drug-likeness (QED) is 0.738. The van der Waals surface area contributed by atoms with E-state index in [9.17, 15) is 0 Å². The van der Waals surface area contributed by atoms with Crippen LogP contribution in [0.25, 0.3) is 0 Å². The van der Waals surface area contributed by atoms with Gasteiger partial charge in [-0.05, 0) is 55.1 Å². The van der Waals surface area contributed by atoms with Gasteiger partial charge in [0.25, 0.3) is 0 Å². The fraction of sp³-hybridized carbons (Fsp3) is 0.533. The summed E-state index contributed by atoms with van der Waals surface area (Å²) in [4.78, 5) is 0. The number of rotatable bonds is 0. The Hall–Kier alpha value is -1.33. The molecule has 2 N–H and O–H groups in total. The zero-order valence-corrected chi connectivity index (χ0v) is 10.0. The van der Waals surface area contributed by atoms with Crippen LogP contribution in [0, 0.1) is 23.2 Å². The smallest absolute Gasteiger partial charge is 0.104 e. The molecule has 3 unspecified atom stereocenters. The maximum absolute atomic E-state index is 9.16. The molecule has 0 radical (unpaired) electrons. The monoisotopic (exact) mass is 226 g/mol. The molecule has 88 valence electrons. The fourth-order valence-electron chi connectivity index (χ4n) is 3.55. The average molecular weight is 226 g/mol. The molecule has 0 amide bonds. The number of fused-ring (bicyclic) bond motifs is 2. The minimum atomic E-state index is -0.562. The van der Waals surface area contributed by atoms with Gasteiger partial charge in [0.1, 0.15) is 5.54 Å². The first kappa shape index (κ1) is 10.8. The Labute approximate surface area is 102 Å². The van der Waals surface area contributed by atoms with Gasteiger partial charge in [-0.15, -0.1) is 0 Å². The van der Waals surface area contributed by atoms with E-state index in [1.54, 1.807) is 0 Å². The summed E-state index contributed by atoms with van der Waals surface area (Å²) in [5, 5.41) is 9.16. The second kappa shape index (κ2) is 3.85. The fourth-order valence-corrected chi connectivity index (χ4v) is 3.55. The van der Waals surface area contributed by atoms with Gasteiger partial charge in [0, 0.05) is 0 Å². The van der Waals surface area contributed by atoms with Gasteiger partial charge in [-0.3, -0.25) is 0 Å². The Morgan fingerprint density at radius 1 is 1.18 bits per heavy atom. The molecule has 1 fully saturated rings. The Kier molecular flexibility index (Phi) is 2.45. The van der Waals surface area contributed by atoms with Crippen LogP contribution in [0.4, 0.5) is 0 Å². The van der Waals surface area contributed by atoms with Gasteiger partial charge in [-0.1, -0.05) is 24.3 Å². The van der Waals surface area contributed by atoms with E-state index < -0.39 is 5.54 Å². The zero-order valence-electron chi connectivity index (χ0n) is 10.0. The normalized spacial score (nSPS) is 35.5. The van der Waals surface area contributed by atoms with E-state index in [1.807, 2.05) is 0 Å². The topological polar surface area (TPSA) is 49.8 Å². The third-order valence-corrected chi connectivity index (χ3v) is 4.56. The van der Waals surface area contributed by atoms with Gasteiger partial charge in [-0.2, -0.15) is 5.26 Å². The van der Waals surface area contributed by atoms with E-state index in [2.05, 4.69) is 30.3 Å². The lowest BCUT2D eigenvalue weighted by Crippen LogP contribution is -2.47. The standard InChI is InChI=1S/C15H18N2/c16-10-15(17)6-5-13-7-11-3-1-2-4-12(11)8-14(13)9-15/h1-4,13-14H,5-9,17H2. The molecule has 2 nitrogen and oxygen atoms in total. The van der Waals surface area contributed by atoms with Crippen LogP contribution in [-0.2, 0) is 12.8 Å². The molecule has 0 saturated heterocycles. The second-order valence-corrected chi connectivity index (χ2v) is 5.71. The minimum Gasteiger partial charge on any atom is -0.313 e. The summed E-state index contributed by atoms with van der Waals surface area (Å²) in [6.45, 7) is 0. The zero-order chi connectivity index (χ0) is 11.9. The largest absolute Gasteiger partial charge is 0.313 e. The predicted octanol–water partition coefficient (Wildman–Crippen LogP) is 2.42. The molecule has 2 heteroatoms. The molecular weight excluding hydrogens is 208 g/mol. The third kappa shape index (κ3) is 1.85. The molecule has 0 aromatic heterocycles. The lowest BCUT2D eigenvalue weighted by atomic mass is 9.64. The highest BCUT2D eigenvalue weighted by atomic mass is 14.8. The van der Waals surface area contributed by atoms with Crippen LogP contribution < -0.4 is 5.73 Å². The van der Waals surface area contributed by atoms with Crippen LogP contribution in [0.2, 0.25) is 0 Å². The van der Waals surface area contributed by atoms with Crippen molar-refractivity contribution in [3.8, 4) is 6.07 Å². The van der Waals surface area contributed by atoms with Crippen molar-refractivity contribution in [2.24, 2.45) is 17.6 Å². The van der Waals surface area contributed by atoms with E-state index in [0.717, 1.165) is 31.6 Å². The molecule has 3 atom stereocenters. The predicted molar refractivity (Wildman–Crippen MR) is 67.2 cm³/mol. The minimum absolute atomic E-state index is 0.562. The lowest BCUT2D eigenvalue weighted by Gasteiger charge is -2.42. The molecule has 0 spiro atoms. The molecule has 0 aliphatic heterocycles. The number of nitrogens with zero attached hydrogens (tertiary/aromatic N) is 1. The molecule has 2 aliphatic carbocycles. The molecule has 3 rings (SSSR count). The van der Waals surface area contributed by atoms with Crippen LogP contribution in [0.1, 0.15) is 30.4 Å². The van der Waals surface area contributed by atoms with Gasteiger partial charge in [-0.25, -0.2) is 0 Å². The van der Waals surface area contributed by atoms with E-state index in [1.165, 1.54) is 17.5 Å². The first-order chi connectivity index (χ1) is 8.20. The molecular formula is C15H18N2. The Morgan fingerprint density at radius 2 is 1.82 bits per heavy atom. The van der Waals surface area contributed by atoms with Crippen molar-refractivity contribution in [2.45, 2.75) is 37.6 Å². The van der Waals surface area contributed by atoms with Gasteiger partial charge < -0.3 is 5.73 Å². The number of nitriles is 1. The molecule has 0 bridgehead atoms. The summed E-state index contributed by atoms with van der Waals surface area (Å²) in [6.07, 6.45) is 5.15. The summed E-state index contributed by atoms with van der Waals surface area (Å²) in [7, 11) is 0. The van der Waals surface area contributed by atoms with E-state index in [0.29, 0.717) is 5.92 Å². The van der Waals surface area contributed by atoms with E-state index >= 15 is 0 Å². The summed E-state index contributed by atoms with van der Waals surface area (Å²) in [5.41, 5.74) is 8.54. The maximum atomic E-state index is 9.16. The van der Waals surface area contributed by atoms with E-state index in [4.69, 9.17) is 11.0 Å². The molecule has 0 heterocycles. The molecule has 2 aliphatic rings. The SMILES string of the molecule is N#CC1(N)CCC2Cc3ccccc3CC2C1. The average Bonchev–Trinajstić information content (AvgIpc) is 2.36. The van der Waals surface area contributed by atoms with Crippen LogP contribution >= 0.6 is 0 Å². The van der Waals surface area contributed by atoms with Gasteiger partial charge in [0.05, 0.1) is 6.07 Å². The highest BCUT2D eigenvalue weighted by molar-refractivity contribution is 5.31. The molecule has 1 aromatic carbocycles. The summed E-state index contributed by atoms with van der Waals surface area (Å²) >= 11 is 0. The molecule has 1 saturated carbocycles. The molecule has 17 heavy (non-hydrogen) atoms. The van der Waals surface area contributed by atoms with Gasteiger partial charge >= 0.3 is 0 Å². The van der Waals surface area contributed by atoms with Crippen molar-refractivity contribution in [1.82, 2.24) is 0 Å². The summed E-state index contributed by atoms with van der Waals surface area (Å²) in [5.74, 6) is 1.36. The molecule has 1 aromatic rings. The number of nitrogens with two attached hydrogens (primary N) is 1. The first-order valence-corrected chi connectivity index (χ1v) is 6.47. The second-order valence-electron chi connectivity index (χ2n) is 5.71. The van der Waals surface area contributed by atoms with Crippen molar-refractivity contribution in [1.29, 1.82) is 5.26 Å². The van der Waals surface area contributed by atoms with Gasteiger partial charge in [0.2, 0.25) is 0 Å². The highest BCUT2D eigenvalue weighted by Crippen LogP contribution is 2.42. The van der Waals surface area contributed by atoms with Crippen molar-refractivity contribution in [2.75, 3.05) is 0 Å². The van der Waals surface area contributed by atoms with Crippen LogP contribution in [0.3, 0.4) is 0 Å². The highest BCUT2D eigenvalue weighted by Gasteiger charge is 2.40. The maximum Gasteiger partial charge on any atom is 0.104 e. The van der Waals surface area contributed by atoms with Crippen molar-refractivity contribution >= 4 is 0 Å². The van der Waals surface area contributed by atoms with Gasteiger partial charge in [0.15, 0.2) is 0 Å². The number of hydrogen-bond donors (Lipinski definition) is 1. The third-order valence-electron chi connectivity index (χ3n) is 4.56. The van der Waals surface area contributed by atoms with Crippen molar-refractivity contribution < 1.29 is 0 Å². The Morgan fingerprint density at radius 3 is 2.47 bits per heavy atom. The first-order valence-electron chi connectivity index (χ1n) is 6.47. The van der Waals surface area contributed by atoms with Crippen molar-refractivity contribution in [3.05, 3.63) is 35.4 Å². The summed E-state index contributed by atoms with van der Waals surface area (Å²) in [6, 6.07) is 11.0. The number of hydrogen-bond acceptors (Lipinski definition) is 2. The van der Waals surface area contributed by atoms with Crippen LogP contribution in [0.5, 0.6) is 0 Å². The Bertz CT molecular complexity index is 474. The van der Waals surface area contributed by atoms with Crippen molar-refractivity contribution in [3.63, 3.8) is 0 Å². The number of benzene rings is 1.